The molecule has 5 rings (SSSR count). The topological polar surface area (TPSA) is 63.5 Å². The molecule has 38 heavy (non-hydrogen) atoms. The molecule has 10 heteroatoms. The molecule has 196 valence electrons. The van der Waals surface area contributed by atoms with Gasteiger partial charge in [-0.2, -0.15) is 0 Å². The lowest BCUT2D eigenvalue weighted by Gasteiger charge is -2.36. The molecule has 3 aromatic carbocycles. The van der Waals surface area contributed by atoms with Crippen LogP contribution in [0, 0.1) is 11.6 Å². The van der Waals surface area contributed by atoms with Gasteiger partial charge in [0.15, 0.2) is 17.1 Å². The van der Waals surface area contributed by atoms with E-state index in [2.05, 4.69) is 15.1 Å². The molecule has 0 aliphatic carbocycles. The largest absolute Gasteiger partial charge is 0.483 e. The molecule has 7 nitrogen and oxygen atoms in total. The fraction of sp³-hybridized carbons (Fsp3) is 0.250. The number of rotatable bonds is 8. The number of hydrogen-bond donors (Lipinski definition) is 0. The maximum Gasteiger partial charge on any atom is 0.233 e. The number of ether oxygens (including phenoxy) is 1. The van der Waals surface area contributed by atoms with Crippen LogP contribution in [0.3, 0.4) is 0 Å². The van der Waals surface area contributed by atoms with Crippen molar-refractivity contribution in [3.63, 3.8) is 0 Å². The van der Waals surface area contributed by atoms with Crippen molar-refractivity contribution >= 4 is 23.4 Å². The SMILES string of the molecule is CC(Oc1ccc(F)cc1)c1nnc(SCC(=O)N2CCN(c3ccc(F)cc3)CC2)n1-c1ccccc1. The summed E-state index contributed by atoms with van der Waals surface area (Å²) in [5.41, 5.74) is 1.80. The minimum atomic E-state index is -0.474. The van der Waals surface area contributed by atoms with Crippen molar-refractivity contribution < 1.29 is 18.3 Å². The molecule has 1 aromatic heterocycles. The third-order valence-corrected chi connectivity index (χ3v) is 7.23. The van der Waals surface area contributed by atoms with Gasteiger partial charge in [-0.15, -0.1) is 10.2 Å². The number of benzene rings is 3. The summed E-state index contributed by atoms with van der Waals surface area (Å²) in [5, 5.41) is 9.34. The zero-order valence-corrected chi connectivity index (χ0v) is 21.7. The molecular formula is C28H27F2N5O2S. The number of anilines is 1. The lowest BCUT2D eigenvalue weighted by atomic mass is 10.2. The summed E-state index contributed by atoms with van der Waals surface area (Å²) in [5.74, 6) is 0.733. The van der Waals surface area contributed by atoms with Crippen LogP contribution in [0.2, 0.25) is 0 Å². The van der Waals surface area contributed by atoms with Crippen LogP contribution in [0.25, 0.3) is 5.69 Å². The van der Waals surface area contributed by atoms with Crippen LogP contribution in [-0.2, 0) is 4.79 Å². The van der Waals surface area contributed by atoms with Crippen molar-refractivity contribution in [1.82, 2.24) is 19.7 Å². The molecule has 1 fully saturated rings. The van der Waals surface area contributed by atoms with E-state index in [-0.39, 0.29) is 23.3 Å². The quantitative estimate of drug-likeness (QED) is 0.292. The summed E-state index contributed by atoms with van der Waals surface area (Å²) in [4.78, 5) is 17.0. The first kappa shape index (κ1) is 25.7. The molecule has 2 heterocycles. The third kappa shape index (κ3) is 5.96. The molecule has 1 amide bonds. The number of amides is 1. The number of para-hydroxylation sites is 1. The number of nitrogens with zero attached hydrogens (tertiary/aromatic N) is 5. The standard InChI is InChI=1S/C28H27F2N5O2S/c1-20(37-25-13-9-22(30)10-14-25)27-31-32-28(35(27)24-5-3-2-4-6-24)38-19-26(36)34-17-15-33(16-18-34)23-11-7-21(29)8-12-23/h2-14,20H,15-19H2,1H3. The van der Waals surface area contributed by atoms with Crippen molar-refractivity contribution in [3.8, 4) is 11.4 Å². The fourth-order valence-electron chi connectivity index (χ4n) is 4.31. The third-order valence-electron chi connectivity index (χ3n) is 6.31. The Kier molecular flexibility index (Phi) is 7.88. The highest BCUT2D eigenvalue weighted by Crippen LogP contribution is 2.28. The Morgan fingerprint density at radius 2 is 1.50 bits per heavy atom. The second-order valence-electron chi connectivity index (χ2n) is 8.86. The van der Waals surface area contributed by atoms with Gasteiger partial charge in [0.2, 0.25) is 5.91 Å². The molecule has 0 spiro atoms. The van der Waals surface area contributed by atoms with Gasteiger partial charge in [-0.25, -0.2) is 8.78 Å². The van der Waals surface area contributed by atoms with Gasteiger partial charge in [-0.05, 0) is 67.6 Å². The maximum atomic E-state index is 13.3. The van der Waals surface area contributed by atoms with Crippen LogP contribution in [0.15, 0.2) is 84.0 Å². The van der Waals surface area contributed by atoms with E-state index in [4.69, 9.17) is 4.74 Å². The van der Waals surface area contributed by atoms with Gasteiger partial charge in [0.05, 0.1) is 5.75 Å². The zero-order valence-electron chi connectivity index (χ0n) is 20.8. The first-order valence-electron chi connectivity index (χ1n) is 12.3. The van der Waals surface area contributed by atoms with Gasteiger partial charge in [0.25, 0.3) is 0 Å². The van der Waals surface area contributed by atoms with Gasteiger partial charge >= 0.3 is 0 Å². The molecule has 0 N–H and O–H groups in total. The van der Waals surface area contributed by atoms with Crippen LogP contribution in [0.4, 0.5) is 14.5 Å². The summed E-state index contributed by atoms with van der Waals surface area (Å²) in [6.45, 7) is 4.41. The Hall–Kier alpha value is -3.92. The van der Waals surface area contributed by atoms with Crippen molar-refractivity contribution in [2.75, 3.05) is 36.8 Å². The van der Waals surface area contributed by atoms with Crippen LogP contribution in [0.5, 0.6) is 5.75 Å². The highest BCUT2D eigenvalue weighted by atomic mass is 32.2. The van der Waals surface area contributed by atoms with Gasteiger partial charge in [0, 0.05) is 37.6 Å². The predicted octanol–water partition coefficient (Wildman–Crippen LogP) is 5.13. The van der Waals surface area contributed by atoms with Crippen LogP contribution >= 0.6 is 11.8 Å². The van der Waals surface area contributed by atoms with E-state index in [1.165, 1.54) is 36.0 Å². The van der Waals surface area contributed by atoms with Gasteiger partial charge in [0.1, 0.15) is 17.4 Å². The molecule has 0 bridgehead atoms. The van der Waals surface area contributed by atoms with Gasteiger partial charge in [-0.1, -0.05) is 30.0 Å². The van der Waals surface area contributed by atoms with Gasteiger partial charge < -0.3 is 14.5 Å². The number of aromatic nitrogens is 3. The summed E-state index contributed by atoms with van der Waals surface area (Å²) >= 11 is 1.33. The molecule has 4 aromatic rings. The predicted molar refractivity (Wildman–Crippen MR) is 143 cm³/mol. The first-order chi connectivity index (χ1) is 18.5. The van der Waals surface area contributed by atoms with Crippen molar-refractivity contribution in [2.45, 2.75) is 18.2 Å². The Balaban J connectivity index is 1.25. The number of piperazine rings is 1. The molecular weight excluding hydrogens is 508 g/mol. The Bertz CT molecular complexity index is 1360. The number of carbonyl (C=O) groups is 1. The normalized spacial score (nSPS) is 14.4. The first-order valence-corrected chi connectivity index (χ1v) is 13.3. The zero-order chi connectivity index (χ0) is 26.5. The Morgan fingerprint density at radius 3 is 2.16 bits per heavy atom. The van der Waals surface area contributed by atoms with E-state index in [1.54, 1.807) is 24.3 Å². The Labute approximate surface area is 224 Å². The highest BCUT2D eigenvalue weighted by Gasteiger charge is 2.25. The van der Waals surface area contributed by atoms with Gasteiger partial charge in [-0.3, -0.25) is 9.36 Å². The maximum absolute atomic E-state index is 13.3. The van der Waals surface area contributed by atoms with E-state index >= 15 is 0 Å². The van der Waals surface area contributed by atoms with E-state index in [0.29, 0.717) is 42.9 Å². The molecule has 1 aliphatic heterocycles. The monoisotopic (exact) mass is 535 g/mol. The molecule has 0 radical (unpaired) electrons. The van der Waals surface area contributed by atoms with Crippen LogP contribution in [-0.4, -0.2) is 57.5 Å². The summed E-state index contributed by atoms with van der Waals surface area (Å²) in [6.07, 6.45) is -0.474. The summed E-state index contributed by atoms with van der Waals surface area (Å²) in [6, 6.07) is 21.9. The van der Waals surface area contributed by atoms with Crippen LogP contribution < -0.4 is 9.64 Å². The minimum Gasteiger partial charge on any atom is -0.483 e. The highest BCUT2D eigenvalue weighted by molar-refractivity contribution is 7.99. The van der Waals surface area contributed by atoms with Crippen molar-refractivity contribution in [2.24, 2.45) is 0 Å². The smallest absolute Gasteiger partial charge is 0.233 e. The molecule has 1 atom stereocenters. The minimum absolute atomic E-state index is 0.0218. The molecule has 1 aliphatic rings. The van der Waals surface area contributed by atoms with E-state index in [1.807, 2.05) is 46.7 Å². The number of hydrogen-bond acceptors (Lipinski definition) is 6. The van der Waals surface area contributed by atoms with Crippen LogP contribution in [0.1, 0.15) is 18.9 Å². The summed E-state index contributed by atoms with van der Waals surface area (Å²) in [7, 11) is 0. The average molecular weight is 536 g/mol. The number of carbonyl (C=O) groups excluding carboxylic acids is 1. The van der Waals surface area contributed by atoms with E-state index < -0.39 is 6.10 Å². The second kappa shape index (κ2) is 11.6. The summed E-state index contributed by atoms with van der Waals surface area (Å²) < 4.78 is 34.4. The average Bonchev–Trinajstić information content (AvgIpc) is 3.38. The lowest BCUT2D eigenvalue weighted by molar-refractivity contribution is -0.128. The number of thioether (sulfide) groups is 1. The second-order valence-corrected chi connectivity index (χ2v) is 9.80. The van der Waals surface area contributed by atoms with Crippen molar-refractivity contribution in [3.05, 3.63) is 96.3 Å². The van der Waals surface area contributed by atoms with E-state index in [9.17, 15) is 13.6 Å². The van der Waals surface area contributed by atoms with E-state index in [0.717, 1.165) is 11.4 Å². The number of halogens is 2. The van der Waals surface area contributed by atoms with Crippen molar-refractivity contribution in [1.29, 1.82) is 0 Å². The fourth-order valence-corrected chi connectivity index (χ4v) is 5.17. The molecule has 1 saturated heterocycles. The lowest BCUT2D eigenvalue weighted by Crippen LogP contribution is -2.49. The molecule has 1 unspecified atom stereocenters. The molecule has 0 saturated carbocycles. The Morgan fingerprint density at radius 1 is 0.868 bits per heavy atom.